The molecule has 2 aliphatic rings. The first-order chi connectivity index (χ1) is 11.6. The number of carbonyl (C=O) groups excluding carboxylic acids is 1. The molecule has 2 aromatic rings. The molecule has 0 aliphatic heterocycles. The number of rotatable bonds is 6. The average Bonchev–Trinajstić information content (AvgIpc) is 3.48. The van der Waals surface area contributed by atoms with Crippen molar-refractivity contribution in [3.63, 3.8) is 0 Å². The second-order valence-electron chi connectivity index (χ2n) is 6.91. The molecule has 0 unspecified atom stereocenters. The standard InChI is InChI=1S/C18H21N3O3/c1-12-9-15(12)16-6-5-14(24-16)10-21(13-3-4-13)17(22)11-20-8-2-7-19-18(20)23/h2,5-8,12-13,15H,3-4,9-11H2,1H3/t12-,15+/m0/s1. The van der Waals surface area contributed by atoms with Crippen molar-refractivity contribution in [2.75, 3.05) is 0 Å². The Balaban J connectivity index is 1.46. The summed E-state index contributed by atoms with van der Waals surface area (Å²) in [6.45, 7) is 2.72. The van der Waals surface area contributed by atoms with E-state index >= 15 is 0 Å². The zero-order chi connectivity index (χ0) is 16.7. The van der Waals surface area contributed by atoms with E-state index in [1.54, 1.807) is 12.3 Å². The summed E-state index contributed by atoms with van der Waals surface area (Å²) in [5.41, 5.74) is -0.399. The molecule has 6 heteroatoms. The topological polar surface area (TPSA) is 68.3 Å². The first kappa shape index (κ1) is 15.2. The van der Waals surface area contributed by atoms with Crippen LogP contribution in [0.2, 0.25) is 0 Å². The minimum Gasteiger partial charge on any atom is -0.464 e. The second kappa shape index (κ2) is 5.92. The molecule has 0 N–H and O–H groups in total. The maximum absolute atomic E-state index is 12.7. The first-order valence-corrected chi connectivity index (χ1v) is 8.51. The van der Waals surface area contributed by atoms with Gasteiger partial charge in [-0.2, -0.15) is 0 Å². The number of furan rings is 1. The Bertz CT molecular complexity index is 806. The monoisotopic (exact) mass is 327 g/mol. The summed E-state index contributed by atoms with van der Waals surface area (Å²) in [4.78, 5) is 29.9. The van der Waals surface area contributed by atoms with Crippen molar-refractivity contribution in [3.05, 3.63) is 52.6 Å². The molecule has 0 saturated heterocycles. The van der Waals surface area contributed by atoms with E-state index in [2.05, 4.69) is 11.9 Å². The van der Waals surface area contributed by atoms with Crippen LogP contribution in [0, 0.1) is 5.92 Å². The summed E-state index contributed by atoms with van der Waals surface area (Å²) < 4.78 is 7.28. The average molecular weight is 327 g/mol. The van der Waals surface area contributed by atoms with Gasteiger partial charge in [-0.1, -0.05) is 6.92 Å². The van der Waals surface area contributed by atoms with Gasteiger partial charge in [0.25, 0.3) is 0 Å². The quantitative estimate of drug-likeness (QED) is 0.815. The van der Waals surface area contributed by atoms with Crippen molar-refractivity contribution in [3.8, 4) is 0 Å². The Hall–Kier alpha value is -2.37. The molecule has 1 amide bonds. The molecule has 0 aromatic carbocycles. The second-order valence-corrected chi connectivity index (χ2v) is 6.91. The third-order valence-electron chi connectivity index (χ3n) is 4.88. The Morgan fingerprint density at radius 2 is 2.21 bits per heavy atom. The lowest BCUT2D eigenvalue weighted by molar-refractivity contribution is -0.133. The fourth-order valence-corrected chi connectivity index (χ4v) is 3.12. The van der Waals surface area contributed by atoms with Crippen LogP contribution in [0.5, 0.6) is 0 Å². The van der Waals surface area contributed by atoms with Crippen molar-refractivity contribution in [1.29, 1.82) is 0 Å². The SMILES string of the molecule is C[C@H]1C[C@H]1c1ccc(CN(C(=O)Cn2cccnc2=O)C2CC2)o1. The number of hydrogen-bond donors (Lipinski definition) is 0. The Labute approximate surface area is 140 Å². The zero-order valence-electron chi connectivity index (χ0n) is 13.7. The van der Waals surface area contributed by atoms with E-state index in [0.29, 0.717) is 18.4 Å². The highest BCUT2D eigenvalue weighted by atomic mass is 16.3. The van der Waals surface area contributed by atoms with Crippen molar-refractivity contribution >= 4 is 5.91 Å². The highest BCUT2D eigenvalue weighted by molar-refractivity contribution is 5.76. The molecule has 0 bridgehead atoms. The third-order valence-corrected chi connectivity index (χ3v) is 4.88. The summed E-state index contributed by atoms with van der Waals surface area (Å²) in [7, 11) is 0. The Morgan fingerprint density at radius 1 is 1.42 bits per heavy atom. The van der Waals surface area contributed by atoms with Gasteiger partial charge >= 0.3 is 5.69 Å². The van der Waals surface area contributed by atoms with Gasteiger partial charge < -0.3 is 9.32 Å². The van der Waals surface area contributed by atoms with Crippen LogP contribution in [-0.2, 0) is 17.9 Å². The molecule has 126 valence electrons. The van der Waals surface area contributed by atoms with Gasteiger partial charge in [0.1, 0.15) is 18.1 Å². The van der Waals surface area contributed by atoms with Crippen LogP contribution < -0.4 is 5.69 Å². The lowest BCUT2D eigenvalue weighted by Crippen LogP contribution is -2.37. The summed E-state index contributed by atoms with van der Waals surface area (Å²) in [5, 5.41) is 0. The molecule has 4 rings (SSSR count). The minimum absolute atomic E-state index is 0.0242. The Kier molecular flexibility index (Phi) is 3.75. The molecule has 2 aliphatic carbocycles. The van der Waals surface area contributed by atoms with Gasteiger partial charge in [0.15, 0.2) is 0 Å². The van der Waals surface area contributed by atoms with Gasteiger partial charge in [-0.25, -0.2) is 9.78 Å². The minimum atomic E-state index is -0.399. The summed E-state index contributed by atoms with van der Waals surface area (Å²) in [6.07, 6.45) is 6.24. The predicted molar refractivity (Wildman–Crippen MR) is 87.3 cm³/mol. The molecule has 0 radical (unpaired) electrons. The van der Waals surface area contributed by atoms with Gasteiger partial charge in [-0.15, -0.1) is 0 Å². The fourth-order valence-electron chi connectivity index (χ4n) is 3.12. The van der Waals surface area contributed by atoms with Crippen molar-refractivity contribution in [1.82, 2.24) is 14.5 Å². The van der Waals surface area contributed by atoms with E-state index in [1.807, 2.05) is 17.0 Å². The predicted octanol–water partition coefficient (Wildman–Crippen LogP) is 2.15. The van der Waals surface area contributed by atoms with Crippen molar-refractivity contribution in [2.45, 2.75) is 51.2 Å². The molecule has 2 saturated carbocycles. The number of aromatic nitrogens is 2. The highest BCUT2D eigenvalue weighted by Gasteiger charge is 2.37. The molecule has 6 nitrogen and oxygen atoms in total. The van der Waals surface area contributed by atoms with Crippen LogP contribution in [0.3, 0.4) is 0 Å². The van der Waals surface area contributed by atoms with Crippen LogP contribution in [0.1, 0.15) is 43.6 Å². The number of nitrogens with zero attached hydrogens (tertiary/aromatic N) is 3. The highest BCUT2D eigenvalue weighted by Crippen LogP contribution is 2.47. The molecule has 2 fully saturated rings. The van der Waals surface area contributed by atoms with Crippen molar-refractivity contribution < 1.29 is 9.21 Å². The van der Waals surface area contributed by atoms with Gasteiger partial charge in [0.05, 0.1) is 6.54 Å². The van der Waals surface area contributed by atoms with Crippen LogP contribution in [0.4, 0.5) is 0 Å². The summed E-state index contributed by atoms with van der Waals surface area (Å²) >= 11 is 0. The van der Waals surface area contributed by atoms with Crippen LogP contribution in [0.15, 0.2) is 39.8 Å². The normalized spacial score (nSPS) is 22.4. The maximum atomic E-state index is 12.7. The molecular weight excluding hydrogens is 306 g/mol. The van der Waals surface area contributed by atoms with Crippen LogP contribution >= 0.6 is 0 Å². The summed E-state index contributed by atoms with van der Waals surface area (Å²) in [6, 6.07) is 5.92. The molecule has 2 heterocycles. The van der Waals surface area contributed by atoms with Crippen LogP contribution in [-0.4, -0.2) is 26.4 Å². The van der Waals surface area contributed by atoms with Gasteiger partial charge in [-0.3, -0.25) is 9.36 Å². The molecule has 0 spiro atoms. The lowest BCUT2D eigenvalue weighted by Gasteiger charge is -2.21. The summed E-state index contributed by atoms with van der Waals surface area (Å²) in [5.74, 6) is 3.03. The van der Waals surface area contributed by atoms with E-state index in [9.17, 15) is 9.59 Å². The fraction of sp³-hybridized carbons (Fsp3) is 0.500. The molecule has 24 heavy (non-hydrogen) atoms. The van der Waals surface area contributed by atoms with E-state index in [1.165, 1.54) is 17.2 Å². The Morgan fingerprint density at radius 3 is 2.88 bits per heavy atom. The molecule has 2 aromatic heterocycles. The van der Waals surface area contributed by atoms with E-state index in [4.69, 9.17) is 4.42 Å². The first-order valence-electron chi connectivity index (χ1n) is 8.51. The maximum Gasteiger partial charge on any atom is 0.347 e. The largest absolute Gasteiger partial charge is 0.464 e. The van der Waals surface area contributed by atoms with Gasteiger partial charge in [0, 0.05) is 24.4 Å². The number of hydrogen-bond acceptors (Lipinski definition) is 4. The number of carbonyl (C=O) groups is 1. The van der Waals surface area contributed by atoms with Crippen molar-refractivity contribution in [2.24, 2.45) is 5.92 Å². The zero-order valence-corrected chi connectivity index (χ0v) is 13.7. The molecular formula is C18H21N3O3. The van der Waals surface area contributed by atoms with E-state index in [-0.39, 0.29) is 18.5 Å². The van der Waals surface area contributed by atoms with E-state index in [0.717, 1.165) is 24.4 Å². The molecule has 2 atom stereocenters. The van der Waals surface area contributed by atoms with Gasteiger partial charge in [0.2, 0.25) is 5.91 Å². The lowest BCUT2D eigenvalue weighted by atomic mass is 10.3. The van der Waals surface area contributed by atoms with Gasteiger partial charge in [-0.05, 0) is 43.4 Å². The number of amides is 1. The van der Waals surface area contributed by atoms with Crippen LogP contribution in [0.25, 0.3) is 0 Å². The smallest absolute Gasteiger partial charge is 0.347 e. The third kappa shape index (κ3) is 3.13. The van der Waals surface area contributed by atoms with E-state index < -0.39 is 5.69 Å².